The molecule has 126 valence electrons. The van der Waals surface area contributed by atoms with Gasteiger partial charge in [-0.05, 0) is 63.5 Å². The van der Waals surface area contributed by atoms with Crippen molar-refractivity contribution in [2.75, 3.05) is 13.2 Å². The maximum absolute atomic E-state index is 13.0. The van der Waals surface area contributed by atoms with E-state index in [9.17, 15) is 9.59 Å². The predicted molar refractivity (Wildman–Crippen MR) is 90.9 cm³/mol. The van der Waals surface area contributed by atoms with Crippen LogP contribution in [0.3, 0.4) is 0 Å². The van der Waals surface area contributed by atoms with Gasteiger partial charge in [0.2, 0.25) is 0 Å². The first kappa shape index (κ1) is 16.5. The third kappa shape index (κ3) is 3.60. The van der Waals surface area contributed by atoms with Crippen LogP contribution in [0, 0.1) is 0 Å². The van der Waals surface area contributed by atoms with Gasteiger partial charge in [0.1, 0.15) is 6.04 Å². The van der Waals surface area contributed by atoms with E-state index in [0.717, 1.165) is 37.0 Å². The lowest BCUT2D eigenvalue weighted by atomic mass is 10.0. The Balaban J connectivity index is 1.79. The zero-order chi connectivity index (χ0) is 16.2. The molecule has 0 N–H and O–H groups in total. The number of rotatable bonds is 3. The Bertz CT molecular complexity index is 557. The number of carbonyl (C=O) groups is 2. The van der Waals surface area contributed by atoms with Crippen molar-refractivity contribution in [2.24, 2.45) is 0 Å². The van der Waals surface area contributed by atoms with Gasteiger partial charge in [-0.3, -0.25) is 4.79 Å². The van der Waals surface area contributed by atoms with E-state index < -0.39 is 6.04 Å². The van der Waals surface area contributed by atoms with Gasteiger partial charge < -0.3 is 9.64 Å². The third-order valence-electron chi connectivity index (χ3n) is 4.78. The van der Waals surface area contributed by atoms with Crippen molar-refractivity contribution in [3.05, 3.63) is 21.4 Å². The molecule has 4 nitrogen and oxygen atoms in total. The van der Waals surface area contributed by atoms with Crippen molar-refractivity contribution < 1.29 is 14.3 Å². The first-order valence-corrected chi connectivity index (χ1v) is 9.61. The lowest BCUT2D eigenvalue weighted by Gasteiger charge is -2.33. The van der Waals surface area contributed by atoms with E-state index in [1.807, 2.05) is 6.92 Å². The van der Waals surface area contributed by atoms with Crippen molar-refractivity contribution in [1.82, 2.24) is 4.90 Å². The van der Waals surface area contributed by atoms with Crippen LogP contribution in [0.4, 0.5) is 0 Å². The molecule has 0 aromatic carbocycles. The fourth-order valence-electron chi connectivity index (χ4n) is 3.57. The molecular weight excluding hydrogens is 310 g/mol. The molecule has 23 heavy (non-hydrogen) atoms. The standard InChI is InChI=1S/C18H25NO3S/c1-2-22-18(21)14-9-6-7-11-19(14)17(20)16-12-13-8-4-3-5-10-15(13)23-16/h12,14H,2-11H2,1H3. The lowest BCUT2D eigenvalue weighted by molar-refractivity contribution is -0.149. The van der Waals surface area contributed by atoms with E-state index in [1.54, 1.807) is 16.2 Å². The molecule has 1 aliphatic carbocycles. The molecule has 1 aliphatic heterocycles. The van der Waals surface area contributed by atoms with Crippen LogP contribution in [0.5, 0.6) is 0 Å². The van der Waals surface area contributed by atoms with E-state index in [0.29, 0.717) is 13.2 Å². The molecule has 1 aromatic rings. The minimum absolute atomic E-state index is 0.0147. The Kier molecular flexibility index (Phi) is 5.36. The van der Waals surface area contributed by atoms with Gasteiger partial charge >= 0.3 is 5.97 Å². The number of piperidine rings is 1. The van der Waals surface area contributed by atoms with Gasteiger partial charge in [-0.15, -0.1) is 11.3 Å². The number of hydrogen-bond acceptors (Lipinski definition) is 4. The first-order valence-electron chi connectivity index (χ1n) is 8.80. The number of hydrogen-bond donors (Lipinski definition) is 0. The molecule has 3 rings (SSSR count). The van der Waals surface area contributed by atoms with Gasteiger partial charge in [-0.25, -0.2) is 4.79 Å². The molecule has 0 spiro atoms. The van der Waals surface area contributed by atoms with Gasteiger partial charge in [0, 0.05) is 11.4 Å². The second kappa shape index (κ2) is 7.47. The highest BCUT2D eigenvalue weighted by Crippen LogP contribution is 2.31. The summed E-state index contributed by atoms with van der Waals surface area (Å²) in [6.45, 7) is 2.83. The van der Waals surface area contributed by atoms with Gasteiger partial charge in [-0.2, -0.15) is 0 Å². The van der Waals surface area contributed by atoms with Gasteiger partial charge in [0.05, 0.1) is 11.5 Å². The zero-order valence-electron chi connectivity index (χ0n) is 13.8. The summed E-state index contributed by atoms with van der Waals surface area (Å²) in [6, 6.07) is 1.67. The number of carbonyl (C=O) groups excluding carboxylic acids is 2. The Morgan fingerprint density at radius 1 is 1.22 bits per heavy atom. The SMILES string of the molecule is CCOC(=O)C1CCCCN1C(=O)c1cc2c(s1)CCCCC2. The summed E-state index contributed by atoms with van der Waals surface area (Å²) in [7, 11) is 0. The van der Waals surface area contributed by atoms with Crippen molar-refractivity contribution in [3.8, 4) is 0 Å². The summed E-state index contributed by atoms with van der Waals surface area (Å²) in [5.74, 6) is -0.237. The van der Waals surface area contributed by atoms with Crippen LogP contribution in [-0.4, -0.2) is 36.0 Å². The lowest BCUT2D eigenvalue weighted by Crippen LogP contribution is -2.48. The number of nitrogens with zero attached hydrogens (tertiary/aromatic N) is 1. The van der Waals surface area contributed by atoms with Crippen molar-refractivity contribution >= 4 is 23.2 Å². The van der Waals surface area contributed by atoms with Crippen LogP contribution in [-0.2, 0) is 22.4 Å². The fraction of sp³-hybridized carbons (Fsp3) is 0.667. The zero-order valence-corrected chi connectivity index (χ0v) is 14.6. The molecule has 0 saturated carbocycles. The molecule has 1 aromatic heterocycles. The second-order valence-electron chi connectivity index (χ2n) is 6.38. The average Bonchev–Trinajstić information content (AvgIpc) is 2.85. The smallest absolute Gasteiger partial charge is 0.328 e. The number of thiophene rings is 1. The normalized spacial score (nSPS) is 21.4. The summed E-state index contributed by atoms with van der Waals surface area (Å²) >= 11 is 1.63. The highest BCUT2D eigenvalue weighted by atomic mass is 32.1. The Morgan fingerprint density at radius 2 is 2.04 bits per heavy atom. The summed E-state index contributed by atoms with van der Waals surface area (Å²) in [4.78, 5) is 29.0. The number of aryl methyl sites for hydroxylation is 2. The van der Waals surface area contributed by atoms with Gasteiger partial charge in [0.25, 0.3) is 5.91 Å². The summed E-state index contributed by atoms with van der Waals surface area (Å²) in [5, 5.41) is 0. The molecule has 2 aliphatic rings. The quantitative estimate of drug-likeness (QED) is 0.626. The highest BCUT2D eigenvalue weighted by Gasteiger charge is 2.34. The maximum atomic E-state index is 13.0. The van der Waals surface area contributed by atoms with Gasteiger partial charge in [-0.1, -0.05) is 6.42 Å². The first-order chi connectivity index (χ1) is 11.2. The molecule has 1 fully saturated rings. The van der Waals surface area contributed by atoms with Crippen LogP contribution in [0.25, 0.3) is 0 Å². The molecule has 0 radical (unpaired) electrons. The van der Waals surface area contributed by atoms with E-state index in [1.165, 1.54) is 29.7 Å². The highest BCUT2D eigenvalue weighted by molar-refractivity contribution is 7.14. The molecule has 0 bridgehead atoms. The summed E-state index contributed by atoms with van der Waals surface area (Å²) in [6.07, 6.45) is 8.55. The Labute approximate surface area is 141 Å². The Hall–Kier alpha value is -1.36. The molecule has 1 atom stereocenters. The molecule has 2 heterocycles. The fourth-order valence-corrected chi connectivity index (χ4v) is 4.78. The van der Waals surface area contributed by atoms with E-state index in [2.05, 4.69) is 6.07 Å². The van der Waals surface area contributed by atoms with Crippen molar-refractivity contribution in [3.63, 3.8) is 0 Å². The molecule has 1 unspecified atom stereocenters. The number of likely N-dealkylation sites (tertiary alicyclic amines) is 1. The topological polar surface area (TPSA) is 46.6 Å². The van der Waals surface area contributed by atoms with E-state index in [-0.39, 0.29) is 11.9 Å². The number of fused-ring (bicyclic) bond motifs is 1. The molecule has 1 saturated heterocycles. The van der Waals surface area contributed by atoms with Crippen LogP contribution in [0.15, 0.2) is 6.07 Å². The predicted octanol–water partition coefficient (Wildman–Crippen LogP) is 3.57. The number of esters is 1. The maximum Gasteiger partial charge on any atom is 0.328 e. The molecule has 1 amide bonds. The number of amides is 1. The van der Waals surface area contributed by atoms with Crippen molar-refractivity contribution in [2.45, 2.75) is 64.3 Å². The average molecular weight is 335 g/mol. The minimum atomic E-state index is -0.405. The van der Waals surface area contributed by atoms with Crippen LogP contribution < -0.4 is 0 Å². The van der Waals surface area contributed by atoms with Crippen LogP contribution in [0.1, 0.15) is 65.6 Å². The monoisotopic (exact) mass is 335 g/mol. The van der Waals surface area contributed by atoms with E-state index in [4.69, 9.17) is 4.74 Å². The summed E-state index contributed by atoms with van der Waals surface area (Å²) < 4.78 is 5.17. The summed E-state index contributed by atoms with van der Waals surface area (Å²) in [5.41, 5.74) is 1.35. The second-order valence-corrected chi connectivity index (χ2v) is 7.52. The minimum Gasteiger partial charge on any atom is -0.464 e. The Morgan fingerprint density at radius 3 is 2.87 bits per heavy atom. The van der Waals surface area contributed by atoms with Crippen molar-refractivity contribution in [1.29, 1.82) is 0 Å². The third-order valence-corrected chi connectivity index (χ3v) is 6.00. The molecular formula is C18H25NO3S. The molecule has 5 heteroatoms. The number of ether oxygens (including phenoxy) is 1. The van der Waals surface area contributed by atoms with Crippen LogP contribution >= 0.6 is 11.3 Å². The largest absolute Gasteiger partial charge is 0.464 e. The van der Waals surface area contributed by atoms with E-state index >= 15 is 0 Å². The van der Waals surface area contributed by atoms with Crippen LogP contribution in [0.2, 0.25) is 0 Å². The van der Waals surface area contributed by atoms with Gasteiger partial charge in [0.15, 0.2) is 0 Å².